The molecule has 2 aliphatic rings. The number of aromatic nitrogens is 4. The number of thioether (sulfide) groups is 2. The van der Waals surface area contributed by atoms with Gasteiger partial charge in [-0.1, -0.05) is 17.6 Å². The van der Waals surface area contributed by atoms with Crippen LogP contribution in [0.15, 0.2) is 40.3 Å². The fourth-order valence-electron chi connectivity index (χ4n) is 3.75. The Balaban J connectivity index is 1.52. The predicted molar refractivity (Wildman–Crippen MR) is 147 cm³/mol. The molecule has 2 aliphatic heterocycles. The number of β-lactam (4-membered cyclic amide) rings is 1. The third kappa shape index (κ3) is 6.05. The van der Waals surface area contributed by atoms with Crippen molar-refractivity contribution in [2.45, 2.75) is 30.0 Å². The number of amides is 2. The van der Waals surface area contributed by atoms with Gasteiger partial charge in [-0.25, -0.2) is 4.57 Å². The second-order valence-electron chi connectivity index (χ2n) is 7.99. The van der Waals surface area contributed by atoms with E-state index >= 15 is 0 Å². The van der Waals surface area contributed by atoms with Gasteiger partial charge in [0.1, 0.15) is 0 Å². The third-order valence-electron chi connectivity index (χ3n) is 5.43. The Hall–Kier alpha value is -3.14. The van der Waals surface area contributed by atoms with Crippen molar-refractivity contribution in [1.29, 1.82) is 0 Å². The van der Waals surface area contributed by atoms with Crippen molar-refractivity contribution < 1.29 is 28.9 Å². The molecule has 0 bridgehead atoms. The van der Waals surface area contributed by atoms with Crippen molar-refractivity contribution in [3.05, 3.63) is 35.8 Å². The van der Waals surface area contributed by atoms with Crippen LogP contribution in [0.2, 0.25) is 0 Å². The van der Waals surface area contributed by atoms with Crippen LogP contribution in [0.25, 0.3) is 0 Å². The Kier molecular flexibility index (Phi) is 9.15. The number of nitrogens with one attached hydrogen (secondary N) is 1. The summed E-state index contributed by atoms with van der Waals surface area (Å²) in [5, 5.41) is 18.4. The number of aliphatic carboxylic acids is 1. The van der Waals surface area contributed by atoms with E-state index in [2.05, 4.69) is 31.4 Å². The Labute approximate surface area is 244 Å². The number of carboxylic acid groups (broad SMARTS) is 1. The van der Waals surface area contributed by atoms with E-state index in [4.69, 9.17) is 16.3 Å². The molecule has 14 nitrogen and oxygen atoms in total. The number of carbonyl (C=O) groups is 3. The van der Waals surface area contributed by atoms with Crippen LogP contribution in [0.1, 0.15) is 12.7 Å². The number of fused-ring (bicyclic) bond motifs is 1. The van der Waals surface area contributed by atoms with Gasteiger partial charge in [-0.3, -0.25) is 0 Å². The SMILES string of the molecule is C=CC[n+]1c(N)cc(N)nc1SCC1=C(C(=O)[O-])N2C(=O)C(NC(=O)/C(=N\OCC)c3nsc([AsH2])n3)[C@H]2SC1. The summed E-state index contributed by atoms with van der Waals surface area (Å²) in [4.78, 5) is 52.9. The third-order valence-corrected chi connectivity index (χ3v) is 9.31. The molecular formula is C21H24AsN9O5S3. The van der Waals surface area contributed by atoms with Gasteiger partial charge in [-0.05, 0) is 11.8 Å². The monoisotopic (exact) mass is 653 g/mol. The predicted octanol–water partition coefficient (Wildman–Crippen LogP) is -3.23. The number of rotatable bonds is 11. The van der Waals surface area contributed by atoms with Crippen molar-refractivity contribution in [2.24, 2.45) is 5.16 Å². The number of carboxylic acids is 1. The van der Waals surface area contributed by atoms with Crippen LogP contribution < -0.4 is 30.3 Å². The molecule has 0 aromatic carbocycles. The number of nitrogens with zero attached hydrogens (tertiary/aromatic N) is 6. The van der Waals surface area contributed by atoms with E-state index in [-0.39, 0.29) is 41.2 Å². The average Bonchev–Trinajstić information content (AvgIpc) is 3.32. The first-order valence-electron chi connectivity index (χ1n) is 11.3. The minimum atomic E-state index is -1.49. The fourth-order valence-corrected chi connectivity index (χ4v) is 7.30. The Morgan fingerprint density at radius 2 is 2.23 bits per heavy atom. The summed E-state index contributed by atoms with van der Waals surface area (Å²) < 4.78 is 6.48. The molecule has 5 N–H and O–H groups in total. The number of oxime groups is 1. The van der Waals surface area contributed by atoms with E-state index in [1.54, 1.807) is 17.6 Å². The van der Waals surface area contributed by atoms with Crippen LogP contribution in [-0.4, -0.2) is 89.1 Å². The quantitative estimate of drug-likeness (QED) is 0.0320. The van der Waals surface area contributed by atoms with Crippen molar-refractivity contribution in [2.75, 3.05) is 29.6 Å². The zero-order chi connectivity index (χ0) is 28.3. The summed E-state index contributed by atoms with van der Waals surface area (Å²) in [6, 6.07) is 0.539. The second-order valence-corrected chi connectivity index (χ2v) is 12.8. The molecule has 18 heteroatoms. The van der Waals surface area contributed by atoms with Crippen LogP contribution in [0.5, 0.6) is 0 Å². The van der Waals surface area contributed by atoms with Crippen LogP contribution in [-0.2, 0) is 25.8 Å². The van der Waals surface area contributed by atoms with Gasteiger partial charge in [-0.15, -0.1) is 0 Å². The molecule has 206 valence electrons. The Morgan fingerprint density at radius 1 is 1.46 bits per heavy atom. The molecule has 4 heterocycles. The maximum atomic E-state index is 13.1. The molecule has 2 aromatic rings. The first kappa shape index (κ1) is 28.9. The molecule has 1 saturated heterocycles. The minimum absolute atomic E-state index is 0.0874. The fraction of sp³-hybridized carbons (Fsp3) is 0.333. The molecule has 3 atom stereocenters. The Bertz CT molecular complexity index is 1400. The summed E-state index contributed by atoms with van der Waals surface area (Å²) in [7, 11) is 0. The molecule has 4 rings (SSSR count). The number of nitrogen functional groups attached to an aromatic ring is 2. The summed E-state index contributed by atoms with van der Waals surface area (Å²) in [5.74, 6) is -1.62. The van der Waals surface area contributed by atoms with Crippen LogP contribution in [0, 0.1) is 0 Å². The number of nitrogens with two attached hydrogens (primary N) is 2. The summed E-state index contributed by atoms with van der Waals surface area (Å²) in [5.41, 5.74) is 12.0. The van der Waals surface area contributed by atoms with Crippen LogP contribution >= 0.6 is 35.1 Å². The average molecular weight is 654 g/mol. The summed E-state index contributed by atoms with van der Waals surface area (Å²) >= 11 is 4.90. The van der Waals surface area contributed by atoms with Crippen molar-refractivity contribution in [3.63, 3.8) is 0 Å². The second kappa shape index (κ2) is 12.4. The van der Waals surface area contributed by atoms with Gasteiger partial charge in [0.15, 0.2) is 0 Å². The maximum absolute atomic E-state index is 13.1. The molecule has 1 fully saturated rings. The summed E-state index contributed by atoms with van der Waals surface area (Å²) in [6.07, 6.45) is 1.65. The molecule has 39 heavy (non-hydrogen) atoms. The van der Waals surface area contributed by atoms with Gasteiger partial charge in [0, 0.05) is 0 Å². The standard InChI is InChI=1S/C21H24AsN9O5S3/c1-3-5-30-11(24)6-10(23)25-21(30)38-8-9-7-37-18-13(17(33)31(18)14(9)19(34)35)26-16(32)12(28-36-4-2)15-27-20(22)39-29-15/h3,6,13,18H,1,4-5,7-8,22H2,2H3,(H5,23,24,26,32,34,35)/b28-12-/t13?,18-/m1/s1. The van der Waals surface area contributed by atoms with E-state index in [0.29, 0.717) is 26.9 Å². The van der Waals surface area contributed by atoms with E-state index in [1.807, 2.05) is 0 Å². The molecule has 0 spiro atoms. The van der Waals surface area contributed by atoms with Gasteiger partial charge < -0.3 is 11.5 Å². The van der Waals surface area contributed by atoms with E-state index in [0.717, 1.165) is 16.4 Å². The van der Waals surface area contributed by atoms with E-state index < -0.39 is 29.2 Å². The first-order valence-corrected chi connectivity index (χ1v) is 15.4. The van der Waals surface area contributed by atoms with Gasteiger partial charge in [0.2, 0.25) is 11.6 Å². The molecule has 0 saturated carbocycles. The zero-order valence-corrected chi connectivity index (χ0v) is 25.4. The number of carbonyl (C=O) groups excluding carboxylic acids is 3. The van der Waals surface area contributed by atoms with E-state index in [1.165, 1.54) is 46.4 Å². The number of hydrogen-bond donors (Lipinski definition) is 3. The van der Waals surface area contributed by atoms with Gasteiger partial charge in [0.05, 0.1) is 12.6 Å². The molecular weight excluding hydrogens is 629 g/mol. The number of hydrogen-bond acceptors (Lipinski definition) is 14. The molecule has 2 aromatic heterocycles. The van der Waals surface area contributed by atoms with Crippen molar-refractivity contribution >= 4 is 90.8 Å². The Morgan fingerprint density at radius 3 is 2.87 bits per heavy atom. The zero-order valence-electron chi connectivity index (χ0n) is 20.5. The van der Waals surface area contributed by atoms with Gasteiger partial charge >= 0.3 is 175 Å². The first-order chi connectivity index (χ1) is 18.7. The van der Waals surface area contributed by atoms with Gasteiger partial charge in [0.25, 0.3) is 0 Å². The van der Waals surface area contributed by atoms with Crippen molar-refractivity contribution in [1.82, 2.24) is 24.6 Å². The molecule has 0 aliphatic carbocycles. The molecule has 0 radical (unpaired) electrons. The summed E-state index contributed by atoms with van der Waals surface area (Å²) in [6.45, 7) is 6.01. The van der Waals surface area contributed by atoms with E-state index in [9.17, 15) is 19.5 Å². The number of anilines is 2. The van der Waals surface area contributed by atoms with Crippen LogP contribution in [0.3, 0.4) is 0 Å². The molecule has 2 amide bonds. The topological polar surface area (TPSA) is 206 Å². The number of allylic oxidation sites excluding steroid dienone is 1. The normalized spacial score (nSPS) is 18.9. The van der Waals surface area contributed by atoms with Crippen LogP contribution in [0.4, 0.5) is 11.6 Å². The van der Waals surface area contributed by atoms with Gasteiger partial charge in [-0.2, -0.15) is 0 Å². The molecule has 2 unspecified atom stereocenters. The van der Waals surface area contributed by atoms with Crippen molar-refractivity contribution in [3.8, 4) is 0 Å².